The van der Waals surface area contributed by atoms with Crippen molar-refractivity contribution in [3.05, 3.63) is 24.0 Å². The molecule has 2 rings (SSSR count). The Labute approximate surface area is 116 Å². The maximum atomic E-state index is 13.6. The van der Waals surface area contributed by atoms with Crippen LogP contribution in [-0.2, 0) is 14.8 Å². The molecule has 1 aromatic carbocycles. The lowest BCUT2D eigenvalue weighted by atomic mass is 9.97. The highest BCUT2D eigenvalue weighted by molar-refractivity contribution is 7.89. The van der Waals surface area contributed by atoms with Crippen LogP contribution in [0.4, 0.5) is 10.1 Å². The zero-order valence-corrected chi connectivity index (χ0v) is 11.8. The van der Waals surface area contributed by atoms with Crippen LogP contribution in [-0.4, -0.2) is 38.4 Å². The molecular formula is C12H17FN2O4S. The number of halogens is 1. The van der Waals surface area contributed by atoms with Gasteiger partial charge in [-0.15, -0.1) is 0 Å². The standard InChI is InChI=1S/C12H17FN2O4S/c1-8-12(16,4-5-19-8)7-15-20(17,18)11-6-9(14)2-3-10(11)13/h2-3,6,8,15-16H,4-5,7,14H2,1H3. The Bertz CT molecular complexity index is 607. The summed E-state index contributed by atoms with van der Waals surface area (Å²) in [6, 6.07) is 3.30. The summed E-state index contributed by atoms with van der Waals surface area (Å²) in [6.45, 7) is 1.76. The molecule has 112 valence electrons. The number of nitrogens with one attached hydrogen (secondary N) is 1. The van der Waals surface area contributed by atoms with Gasteiger partial charge in [0.2, 0.25) is 10.0 Å². The largest absolute Gasteiger partial charge is 0.399 e. The number of aliphatic hydroxyl groups is 1. The average Bonchev–Trinajstić information content (AvgIpc) is 2.71. The molecule has 0 aliphatic carbocycles. The van der Waals surface area contributed by atoms with Gasteiger partial charge >= 0.3 is 0 Å². The predicted octanol–water partition coefficient (Wildman–Crippen LogP) is 0.226. The van der Waals surface area contributed by atoms with Gasteiger partial charge in [0.1, 0.15) is 16.3 Å². The monoisotopic (exact) mass is 304 g/mol. The number of hydrogen-bond donors (Lipinski definition) is 3. The van der Waals surface area contributed by atoms with Crippen LogP contribution in [0.15, 0.2) is 23.1 Å². The Kier molecular flexibility index (Phi) is 4.01. The van der Waals surface area contributed by atoms with Gasteiger partial charge in [-0.3, -0.25) is 0 Å². The van der Waals surface area contributed by atoms with E-state index in [0.717, 1.165) is 12.1 Å². The van der Waals surface area contributed by atoms with Gasteiger partial charge in [0.05, 0.1) is 6.10 Å². The molecule has 1 aliphatic heterocycles. The van der Waals surface area contributed by atoms with Gasteiger partial charge < -0.3 is 15.6 Å². The summed E-state index contributed by atoms with van der Waals surface area (Å²) in [7, 11) is -4.08. The van der Waals surface area contributed by atoms with Gasteiger partial charge in [-0.1, -0.05) is 0 Å². The Hall–Kier alpha value is -1.22. The fourth-order valence-electron chi connectivity index (χ4n) is 2.03. The highest BCUT2D eigenvalue weighted by Crippen LogP contribution is 2.26. The fraction of sp³-hybridized carbons (Fsp3) is 0.500. The number of benzene rings is 1. The first-order valence-electron chi connectivity index (χ1n) is 6.13. The highest BCUT2D eigenvalue weighted by Gasteiger charge is 2.40. The van der Waals surface area contributed by atoms with E-state index in [-0.39, 0.29) is 12.2 Å². The number of hydrogen-bond acceptors (Lipinski definition) is 5. The van der Waals surface area contributed by atoms with E-state index in [1.54, 1.807) is 6.92 Å². The first kappa shape index (κ1) is 15.2. The van der Waals surface area contributed by atoms with E-state index in [0.29, 0.717) is 13.0 Å². The van der Waals surface area contributed by atoms with Crippen molar-refractivity contribution in [2.45, 2.75) is 29.9 Å². The van der Waals surface area contributed by atoms with E-state index in [9.17, 15) is 17.9 Å². The van der Waals surface area contributed by atoms with Gasteiger partial charge in [0.25, 0.3) is 0 Å². The molecule has 0 saturated carbocycles. The van der Waals surface area contributed by atoms with Crippen LogP contribution in [0.25, 0.3) is 0 Å². The normalized spacial score (nSPS) is 26.9. The Morgan fingerprint density at radius 3 is 2.90 bits per heavy atom. The van der Waals surface area contributed by atoms with Crippen LogP contribution in [0.1, 0.15) is 13.3 Å². The molecule has 2 atom stereocenters. The van der Waals surface area contributed by atoms with Crippen molar-refractivity contribution in [2.75, 3.05) is 18.9 Å². The third-order valence-corrected chi connectivity index (χ3v) is 4.89. The van der Waals surface area contributed by atoms with Crippen molar-refractivity contribution < 1.29 is 22.7 Å². The molecule has 20 heavy (non-hydrogen) atoms. The number of nitrogens with two attached hydrogens (primary N) is 1. The molecule has 0 radical (unpaired) electrons. The van der Waals surface area contributed by atoms with Gasteiger partial charge in [-0.05, 0) is 25.1 Å². The molecule has 1 aromatic rings. The summed E-state index contributed by atoms with van der Waals surface area (Å²) in [5.41, 5.74) is 4.32. The molecule has 6 nitrogen and oxygen atoms in total. The van der Waals surface area contributed by atoms with Crippen LogP contribution in [0.2, 0.25) is 0 Å². The summed E-state index contributed by atoms with van der Waals surface area (Å²) in [5, 5.41) is 10.2. The summed E-state index contributed by atoms with van der Waals surface area (Å²) in [6.07, 6.45) is -0.174. The first-order chi connectivity index (χ1) is 9.24. The molecule has 0 aromatic heterocycles. The average molecular weight is 304 g/mol. The van der Waals surface area contributed by atoms with Crippen LogP contribution < -0.4 is 10.5 Å². The minimum atomic E-state index is -4.08. The Morgan fingerprint density at radius 1 is 1.60 bits per heavy atom. The van der Waals surface area contributed by atoms with Crippen LogP contribution in [0, 0.1) is 5.82 Å². The van der Waals surface area contributed by atoms with E-state index in [1.807, 2.05) is 0 Å². The Balaban J connectivity index is 2.18. The Morgan fingerprint density at radius 2 is 2.30 bits per heavy atom. The summed E-state index contributed by atoms with van der Waals surface area (Å²) in [5.74, 6) is -0.894. The van der Waals surface area contributed by atoms with Crippen molar-refractivity contribution in [1.82, 2.24) is 4.72 Å². The van der Waals surface area contributed by atoms with E-state index in [1.165, 1.54) is 6.07 Å². The van der Waals surface area contributed by atoms with E-state index in [2.05, 4.69) is 4.72 Å². The van der Waals surface area contributed by atoms with Crippen molar-refractivity contribution in [1.29, 1.82) is 0 Å². The van der Waals surface area contributed by atoms with Gasteiger partial charge in [-0.25, -0.2) is 17.5 Å². The minimum Gasteiger partial charge on any atom is -0.399 e. The summed E-state index contributed by atoms with van der Waals surface area (Å²) in [4.78, 5) is -0.535. The topological polar surface area (TPSA) is 102 Å². The predicted molar refractivity (Wildman–Crippen MR) is 71.0 cm³/mol. The maximum absolute atomic E-state index is 13.6. The fourth-order valence-corrected chi connectivity index (χ4v) is 3.24. The molecule has 1 aliphatic rings. The number of anilines is 1. The second-order valence-electron chi connectivity index (χ2n) is 4.88. The third-order valence-electron chi connectivity index (χ3n) is 3.47. The number of nitrogen functional groups attached to an aromatic ring is 1. The lowest BCUT2D eigenvalue weighted by Gasteiger charge is -2.26. The lowest BCUT2D eigenvalue weighted by molar-refractivity contribution is -0.0228. The van der Waals surface area contributed by atoms with Crippen LogP contribution in [0.3, 0.4) is 0 Å². The second-order valence-corrected chi connectivity index (χ2v) is 6.62. The van der Waals surface area contributed by atoms with E-state index < -0.39 is 32.4 Å². The first-order valence-corrected chi connectivity index (χ1v) is 7.62. The molecule has 0 bridgehead atoms. The molecule has 1 saturated heterocycles. The number of rotatable bonds is 4. The SMILES string of the molecule is CC1OCCC1(O)CNS(=O)(=O)c1cc(N)ccc1F. The molecule has 4 N–H and O–H groups in total. The number of sulfonamides is 1. The quantitative estimate of drug-likeness (QED) is 0.691. The van der Waals surface area contributed by atoms with E-state index in [4.69, 9.17) is 10.5 Å². The molecule has 8 heteroatoms. The second kappa shape index (κ2) is 5.28. The van der Waals surface area contributed by atoms with Crippen molar-refractivity contribution in [3.8, 4) is 0 Å². The third kappa shape index (κ3) is 2.93. The van der Waals surface area contributed by atoms with Gasteiger partial charge in [-0.2, -0.15) is 0 Å². The molecule has 0 spiro atoms. The van der Waals surface area contributed by atoms with Gasteiger partial charge in [0.15, 0.2) is 0 Å². The van der Waals surface area contributed by atoms with Gasteiger partial charge in [0, 0.05) is 25.3 Å². The molecule has 2 unspecified atom stereocenters. The molecule has 1 heterocycles. The lowest BCUT2D eigenvalue weighted by Crippen LogP contribution is -2.47. The molecule has 0 amide bonds. The summed E-state index contributed by atoms with van der Waals surface area (Å²) >= 11 is 0. The van der Waals surface area contributed by atoms with Crippen LogP contribution >= 0.6 is 0 Å². The maximum Gasteiger partial charge on any atom is 0.243 e. The van der Waals surface area contributed by atoms with Crippen LogP contribution in [0.5, 0.6) is 0 Å². The molecule has 1 fully saturated rings. The zero-order valence-electron chi connectivity index (χ0n) is 11.0. The minimum absolute atomic E-state index is 0.142. The van der Waals surface area contributed by atoms with E-state index >= 15 is 0 Å². The highest BCUT2D eigenvalue weighted by atomic mass is 32.2. The van der Waals surface area contributed by atoms with Crippen molar-refractivity contribution in [3.63, 3.8) is 0 Å². The zero-order chi connectivity index (χ0) is 15.0. The smallest absolute Gasteiger partial charge is 0.243 e. The number of ether oxygens (including phenoxy) is 1. The summed E-state index contributed by atoms with van der Waals surface area (Å²) < 4.78 is 45.1. The molecular weight excluding hydrogens is 287 g/mol. The van der Waals surface area contributed by atoms with Crippen molar-refractivity contribution in [2.24, 2.45) is 0 Å². The van der Waals surface area contributed by atoms with Crippen molar-refractivity contribution >= 4 is 15.7 Å².